The first kappa shape index (κ1) is 25.9. The molecule has 0 aliphatic rings. The summed E-state index contributed by atoms with van der Waals surface area (Å²) in [5, 5.41) is 2.82. The highest BCUT2D eigenvalue weighted by Crippen LogP contribution is 2.20. The third-order valence-corrected chi connectivity index (χ3v) is 6.50. The van der Waals surface area contributed by atoms with Crippen molar-refractivity contribution in [2.24, 2.45) is 0 Å². The average molecular weight is 524 g/mol. The number of hydrogen-bond acceptors (Lipinski definition) is 4. The van der Waals surface area contributed by atoms with E-state index in [0.29, 0.717) is 5.69 Å². The Labute approximate surface area is 199 Å². The number of rotatable bonds is 9. The maximum absolute atomic E-state index is 13.4. The van der Waals surface area contributed by atoms with Gasteiger partial charge in [-0.25, -0.2) is 8.42 Å². The number of benzene rings is 2. The number of halogens is 1. The van der Waals surface area contributed by atoms with Crippen LogP contribution in [0.2, 0.25) is 0 Å². The van der Waals surface area contributed by atoms with E-state index in [9.17, 15) is 18.0 Å². The molecule has 9 heteroatoms. The zero-order chi connectivity index (χ0) is 24.1. The van der Waals surface area contributed by atoms with Crippen molar-refractivity contribution in [2.75, 3.05) is 17.1 Å². The number of carbonyl (C=O) groups excluding carboxylic acids is 2. The standard InChI is InChI=1S/C23H30BrN3O4S/c1-16(2)25-23(29)18(4)26(14-19-9-11-20(24)12-10-19)22(28)15-27(32(5,30)31)21-8-6-7-17(3)13-21/h6-13,16,18H,14-15H2,1-5H3,(H,25,29). The van der Waals surface area contributed by atoms with Crippen LogP contribution in [-0.4, -0.2) is 50.0 Å². The molecule has 1 N–H and O–H groups in total. The first-order valence-electron chi connectivity index (χ1n) is 10.3. The molecule has 0 bridgehead atoms. The molecule has 0 fully saturated rings. The number of anilines is 1. The first-order valence-corrected chi connectivity index (χ1v) is 12.9. The van der Waals surface area contributed by atoms with Crippen LogP contribution in [-0.2, 0) is 26.2 Å². The van der Waals surface area contributed by atoms with Crippen molar-refractivity contribution in [2.45, 2.75) is 46.3 Å². The minimum atomic E-state index is -3.73. The number of nitrogens with one attached hydrogen (secondary N) is 1. The quantitative estimate of drug-likeness (QED) is 0.545. The topological polar surface area (TPSA) is 86.8 Å². The van der Waals surface area contributed by atoms with E-state index in [1.165, 1.54) is 4.90 Å². The van der Waals surface area contributed by atoms with E-state index in [1.54, 1.807) is 25.1 Å². The van der Waals surface area contributed by atoms with Crippen molar-refractivity contribution in [3.05, 3.63) is 64.1 Å². The van der Waals surface area contributed by atoms with E-state index in [1.807, 2.05) is 51.1 Å². The summed E-state index contributed by atoms with van der Waals surface area (Å²) in [5.41, 5.74) is 2.11. The van der Waals surface area contributed by atoms with Crippen LogP contribution in [0.5, 0.6) is 0 Å². The fourth-order valence-electron chi connectivity index (χ4n) is 3.17. The SMILES string of the molecule is Cc1cccc(N(CC(=O)N(Cc2ccc(Br)cc2)C(C)C(=O)NC(C)C)S(C)(=O)=O)c1. The number of nitrogens with zero attached hydrogens (tertiary/aromatic N) is 2. The Kier molecular flexibility index (Phi) is 8.86. The fourth-order valence-corrected chi connectivity index (χ4v) is 4.28. The molecule has 0 aliphatic carbocycles. The summed E-state index contributed by atoms with van der Waals surface area (Å²) in [6.07, 6.45) is 1.07. The van der Waals surface area contributed by atoms with Crippen LogP contribution in [0.1, 0.15) is 31.9 Å². The molecule has 0 radical (unpaired) electrons. The molecular weight excluding hydrogens is 494 g/mol. The molecule has 2 rings (SSSR count). The first-order chi connectivity index (χ1) is 14.9. The average Bonchev–Trinajstić information content (AvgIpc) is 2.69. The van der Waals surface area contributed by atoms with E-state index in [4.69, 9.17) is 0 Å². The van der Waals surface area contributed by atoms with Gasteiger partial charge in [-0.15, -0.1) is 0 Å². The molecule has 0 saturated carbocycles. The summed E-state index contributed by atoms with van der Waals surface area (Å²) < 4.78 is 27.0. The van der Waals surface area contributed by atoms with Gasteiger partial charge in [-0.3, -0.25) is 13.9 Å². The van der Waals surface area contributed by atoms with Crippen LogP contribution in [0.4, 0.5) is 5.69 Å². The third kappa shape index (κ3) is 7.34. The minimum Gasteiger partial charge on any atom is -0.352 e. The van der Waals surface area contributed by atoms with E-state index < -0.39 is 28.5 Å². The van der Waals surface area contributed by atoms with Crippen molar-refractivity contribution >= 4 is 43.5 Å². The van der Waals surface area contributed by atoms with Crippen molar-refractivity contribution in [3.63, 3.8) is 0 Å². The number of sulfonamides is 1. The Morgan fingerprint density at radius 2 is 1.69 bits per heavy atom. The molecule has 0 aliphatic heterocycles. The van der Waals surface area contributed by atoms with Crippen molar-refractivity contribution in [1.29, 1.82) is 0 Å². The van der Waals surface area contributed by atoms with Crippen molar-refractivity contribution < 1.29 is 18.0 Å². The predicted octanol–water partition coefficient (Wildman–Crippen LogP) is 3.47. The zero-order valence-corrected chi connectivity index (χ0v) is 21.4. The van der Waals surface area contributed by atoms with Crippen LogP contribution in [0.3, 0.4) is 0 Å². The normalized spacial score (nSPS) is 12.3. The molecule has 7 nitrogen and oxygen atoms in total. The zero-order valence-electron chi connectivity index (χ0n) is 19.0. The Balaban J connectivity index is 2.38. The number of amides is 2. The lowest BCUT2D eigenvalue weighted by Gasteiger charge is -2.32. The molecule has 174 valence electrons. The maximum atomic E-state index is 13.4. The second-order valence-corrected chi connectivity index (χ2v) is 10.9. The molecule has 1 atom stereocenters. The van der Waals surface area contributed by atoms with Gasteiger partial charge >= 0.3 is 0 Å². The second kappa shape index (κ2) is 11.0. The van der Waals surface area contributed by atoms with Gasteiger partial charge in [0.2, 0.25) is 21.8 Å². The highest BCUT2D eigenvalue weighted by molar-refractivity contribution is 9.10. The van der Waals surface area contributed by atoms with E-state index in [2.05, 4.69) is 21.2 Å². The van der Waals surface area contributed by atoms with Gasteiger partial charge < -0.3 is 10.2 Å². The van der Waals surface area contributed by atoms with E-state index in [0.717, 1.165) is 26.2 Å². The molecule has 2 amide bonds. The van der Waals surface area contributed by atoms with Gasteiger partial charge in [-0.1, -0.05) is 40.2 Å². The van der Waals surface area contributed by atoms with Gasteiger partial charge in [0.15, 0.2) is 0 Å². The second-order valence-electron chi connectivity index (χ2n) is 8.10. The Morgan fingerprint density at radius 3 is 2.22 bits per heavy atom. The largest absolute Gasteiger partial charge is 0.352 e. The van der Waals surface area contributed by atoms with Gasteiger partial charge in [0, 0.05) is 17.1 Å². The van der Waals surface area contributed by atoms with Crippen LogP contribution >= 0.6 is 15.9 Å². The highest BCUT2D eigenvalue weighted by Gasteiger charge is 2.30. The lowest BCUT2D eigenvalue weighted by Crippen LogP contribution is -2.52. The van der Waals surface area contributed by atoms with Crippen molar-refractivity contribution in [3.8, 4) is 0 Å². The van der Waals surface area contributed by atoms with Gasteiger partial charge in [-0.05, 0) is 63.1 Å². The lowest BCUT2D eigenvalue weighted by atomic mass is 10.1. The number of carbonyl (C=O) groups is 2. The van der Waals surface area contributed by atoms with E-state index in [-0.39, 0.29) is 18.5 Å². The van der Waals surface area contributed by atoms with Gasteiger partial charge in [-0.2, -0.15) is 0 Å². The van der Waals surface area contributed by atoms with Crippen LogP contribution in [0, 0.1) is 6.92 Å². The van der Waals surface area contributed by atoms with Crippen LogP contribution < -0.4 is 9.62 Å². The molecule has 0 aromatic heterocycles. The molecule has 0 heterocycles. The highest BCUT2D eigenvalue weighted by atomic mass is 79.9. The summed E-state index contributed by atoms with van der Waals surface area (Å²) in [5.74, 6) is -0.766. The molecule has 0 spiro atoms. The number of aryl methyl sites for hydroxylation is 1. The molecular formula is C23H30BrN3O4S. The minimum absolute atomic E-state index is 0.0885. The summed E-state index contributed by atoms with van der Waals surface area (Å²) in [6.45, 7) is 6.95. The van der Waals surface area contributed by atoms with Gasteiger partial charge in [0.25, 0.3) is 0 Å². The molecule has 32 heavy (non-hydrogen) atoms. The molecule has 0 saturated heterocycles. The fraction of sp³-hybridized carbons (Fsp3) is 0.391. The summed E-state index contributed by atoms with van der Waals surface area (Å²) in [7, 11) is -3.73. The van der Waals surface area contributed by atoms with Gasteiger partial charge in [0.1, 0.15) is 12.6 Å². The van der Waals surface area contributed by atoms with E-state index >= 15 is 0 Å². The molecule has 2 aromatic carbocycles. The Hall–Kier alpha value is -2.39. The van der Waals surface area contributed by atoms with Crippen molar-refractivity contribution in [1.82, 2.24) is 10.2 Å². The monoisotopic (exact) mass is 523 g/mol. The van der Waals surface area contributed by atoms with Crippen LogP contribution in [0.25, 0.3) is 0 Å². The lowest BCUT2D eigenvalue weighted by molar-refractivity contribution is -0.139. The Bertz CT molecular complexity index is 1060. The smallest absolute Gasteiger partial charge is 0.244 e. The van der Waals surface area contributed by atoms with Gasteiger partial charge in [0.05, 0.1) is 11.9 Å². The number of hydrogen-bond donors (Lipinski definition) is 1. The summed E-state index contributed by atoms with van der Waals surface area (Å²) in [6, 6.07) is 13.5. The predicted molar refractivity (Wildman–Crippen MR) is 131 cm³/mol. The third-order valence-electron chi connectivity index (χ3n) is 4.83. The summed E-state index contributed by atoms with van der Waals surface area (Å²) >= 11 is 3.39. The molecule has 2 aromatic rings. The van der Waals surface area contributed by atoms with Crippen LogP contribution in [0.15, 0.2) is 53.0 Å². The summed E-state index contributed by atoms with van der Waals surface area (Å²) in [4.78, 5) is 27.5. The molecule has 1 unspecified atom stereocenters. The Morgan fingerprint density at radius 1 is 1.06 bits per heavy atom. The maximum Gasteiger partial charge on any atom is 0.244 e.